The molecule has 1 heterocycles. The van der Waals surface area contributed by atoms with Gasteiger partial charge in [-0.2, -0.15) is 0 Å². The predicted molar refractivity (Wildman–Crippen MR) is 155 cm³/mol. The van der Waals surface area contributed by atoms with E-state index in [-0.39, 0.29) is 34.9 Å². The van der Waals surface area contributed by atoms with Gasteiger partial charge in [0.2, 0.25) is 0 Å². The van der Waals surface area contributed by atoms with E-state index in [9.17, 15) is 14.4 Å². The lowest BCUT2D eigenvalue weighted by Crippen LogP contribution is -2.42. The molecule has 0 saturated carbocycles. The molecule has 2 N–H and O–H groups in total. The summed E-state index contributed by atoms with van der Waals surface area (Å²) in [7, 11) is 0. The highest BCUT2D eigenvalue weighted by Gasteiger charge is 2.47. The molecule has 6 nitrogen and oxygen atoms in total. The van der Waals surface area contributed by atoms with Crippen molar-refractivity contribution in [3.8, 4) is 5.75 Å². The van der Waals surface area contributed by atoms with Crippen LogP contribution in [0.15, 0.2) is 69.5 Å². The molecule has 3 aliphatic rings. The van der Waals surface area contributed by atoms with Crippen molar-refractivity contribution in [2.24, 2.45) is 10.8 Å². The number of halogens is 1. The Bertz CT molecular complexity index is 1400. The molecule has 0 spiro atoms. The summed E-state index contributed by atoms with van der Waals surface area (Å²) in [6.45, 7) is 10.1. The Morgan fingerprint density at radius 1 is 0.949 bits per heavy atom. The van der Waals surface area contributed by atoms with Crippen molar-refractivity contribution in [2.45, 2.75) is 66.2 Å². The minimum atomic E-state index is -0.546. The summed E-state index contributed by atoms with van der Waals surface area (Å²) in [5.41, 5.74) is 5.14. The Balaban J connectivity index is 1.55. The largest absolute Gasteiger partial charge is 0.483 e. The lowest BCUT2D eigenvalue weighted by Gasteiger charge is -2.44. The summed E-state index contributed by atoms with van der Waals surface area (Å²) in [5.74, 6) is -0.249. The van der Waals surface area contributed by atoms with Crippen LogP contribution in [-0.4, -0.2) is 24.1 Å². The van der Waals surface area contributed by atoms with Crippen LogP contribution in [0.2, 0.25) is 0 Å². The summed E-state index contributed by atoms with van der Waals surface area (Å²) in [5, 5.41) is 6.45. The van der Waals surface area contributed by atoms with Crippen molar-refractivity contribution in [1.82, 2.24) is 5.32 Å². The zero-order chi connectivity index (χ0) is 28.1. The number of benzene rings is 2. The van der Waals surface area contributed by atoms with Gasteiger partial charge >= 0.3 is 0 Å². The summed E-state index contributed by atoms with van der Waals surface area (Å²) in [4.78, 5) is 40.2. The second kappa shape index (κ2) is 10.1. The van der Waals surface area contributed by atoms with Crippen LogP contribution in [0.1, 0.15) is 70.4 Å². The van der Waals surface area contributed by atoms with Gasteiger partial charge in [0.1, 0.15) is 5.75 Å². The van der Waals surface area contributed by atoms with E-state index in [0.717, 1.165) is 45.5 Å². The first kappa shape index (κ1) is 27.4. The lowest BCUT2D eigenvalue weighted by molar-refractivity contribution is -0.120. The van der Waals surface area contributed by atoms with Crippen LogP contribution in [-0.2, 0) is 14.4 Å². The van der Waals surface area contributed by atoms with Crippen LogP contribution >= 0.6 is 15.9 Å². The molecule has 204 valence electrons. The molecule has 2 aromatic rings. The smallest absolute Gasteiger partial charge is 0.262 e. The molecular formula is C32H35BrN2O4. The van der Waals surface area contributed by atoms with Crippen molar-refractivity contribution < 1.29 is 19.1 Å². The molecule has 0 bridgehead atoms. The number of hydrogen-bond donors (Lipinski definition) is 2. The number of carbonyl (C=O) groups is 3. The number of nitrogens with one attached hydrogen (secondary N) is 2. The maximum Gasteiger partial charge on any atom is 0.262 e. The monoisotopic (exact) mass is 590 g/mol. The molecule has 2 aromatic carbocycles. The second-order valence-corrected chi connectivity index (χ2v) is 13.5. The fraction of sp³-hybridized carbons (Fsp3) is 0.406. The highest BCUT2D eigenvalue weighted by molar-refractivity contribution is 9.10. The molecule has 0 fully saturated rings. The first-order valence-electron chi connectivity index (χ1n) is 13.4. The number of rotatable bonds is 5. The number of Topliss-reactive ketones (excluding diaryl/α,β-unsaturated/α-hetero) is 2. The van der Waals surface area contributed by atoms with Gasteiger partial charge in [-0.3, -0.25) is 14.4 Å². The summed E-state index contributed by atoms with van der Waals surface area (Å²) >= 11 is 3.59. The minimum Gasteiger partial charge on any atom is -0.483 e. The highest BCUT2D eigenvalue weighted by Crippen LogP contribution is 2.52. The van der Waals surface area contributed by atoms with Crippen LogP contribution in [0.3, 0.4) is 0 Å². The second-order valence-electron chi connectivity index (χ2n) is 12.6. The van der Waals surface area contributed by atoms with Gasteiger partial charge in [0.15, 0.2) is 18.2 Å². The van der Waals surface area contributed by atoms with Crippen LogP contribution in [0.25, 0.3) is 0 Å². The molecule has 0 saturated heterocycles. The quantitative estimate of drug-likeness (QED) is 0.402. The number of carbonyl (C=O) groups excluding carboxylic acids is 3. The maximum atomic E-state index is 13.7. The minimum absolute atomic E-state index is 0.0474. The molecule has 7 heteroatoms. The van der Waals surface area contributed by atoms with Gasteiger partial charge in [0.25, 0.3) is 5.91 Å². The van der Waals surface area contributed by atoms with Gasteiger partial charge in [-0.15, -0.1) is 0 Å². The Morgan fingerprint density at radius 2 is 1.54 bits per heavy atom. The van der Waals surface area contributed by atoms with Crippen LogP contribution in [0.4, 0.5) is 5.69 Å². The fourth-order valence-corrected chi connectivity index (χ4v) is 6.50. The number of aryl methyl sites for hydroxylation is 1. The average Bonchev–Trinajstić information content (AvgIpc) is 2.82. The first-order valence-corrected chi connectivity index (χ1v) is 14.2. The van der Waals surface area contributed by atoms with E-state index in [1.807, 2.05) is 43.3 Å². The SMILES string of the molecule is Cc1ccccc1NC(=O)COc1ccc(Br)cc1C1C2=C(CC(C)(C)CC2=O)NC2=C1C(=O)CC(C)(C)C2. The summed E-state index contributed by atoms with van der Waals surface area (Å²) in [6.07, 6.45) is 2.27. The third kappa shape index (κ3) is 5.60. The van der Waals surface area contributed by atoms with Crippen molar-refractivity contribution >= 4 is 39.1 Å². The van der Waals surface area contributed by atoms with Gasteiger partial charge in [-0.25, -0.2) is 0 Å². The molecule has 1 aliphatic heterocycles. The third-order valence-corrected chi connectivity index (χ3v) is 8.27. The molecule has 2 aliphatic carbocycles. The van der Waals surface area contributed by atoms with Crippen molar-refractivity contribution in [2.75, 3.05) is 11.9 Å². The van der Waals surface area contributed by atoms with Crippen molar-refractivity contribution in [3.63, 3.8) is 0 Å². The summed E-state index contributed by atoms with van der Waals surface area (Å²) < 4.78 is 6.92. The van der Waals surface area contributed by atoms with E-state index in [2.05, 4.69) is 54.3 Å². The zero-order valence-corrected chi connectivity index (χ0v) is 24.8. The van der Waals surface area contributed by atoms with Crippen molar-refractivity contribution in [3.05, 3.63) is 80.6 Å². The standard InChI is InChI=1S/C32H35BrN2O4/c1-18-8-6-7-9-21(18)35-27(38)17-39-26-11-10-19(33)12-20(26)28-29-22(13-31(2,3)15-24(29)36)34-23-14-32(4,5)16-25(37)30(23)28/h6-12,28,34H,13-17H2,1-5H3,(H,35,38). The Kier molecular flexibility index (Phi) is 7.08. The predicted octanol–water partition coefficient (Wildman–Crippen LogP) is 6.75. The van der Waals surface area contributed by atoms with Gasteiger partial charge in [0, 0.05) is 57.0 Å². The van der Waals surface area contributed by atoms with Crippen LogP contribution in [0, 0.1) is 17.8 Å². The molecular weight excluding hydrogens is 556 g/mol. The van der Waals surface area contributed by atoms with E-state index in [1.54, 1.807) is 6.07 Å². The van der Waals surface area contributed by atoms with Gasteiger partial charge < -0.3 is 15.4 Å². The zero-order valence-electron chi connectivity index (χ0n) is 23.2. The number of para-hydroxylation sites is 1. The Morgan fingerprint density at radius 3 is 2.13 bits per heavy atom. The van der Waals surface area contributed by atoms with E-state index in [0.29, 0.717) is 29.7 Å². The average molecular weight is 592 g/mol. The maximum absolute atomic E-state index is 13.7. The van der Waals surface area contributed by atoms with Gasteiger partial charge in [0.05, 0.1) is 0 Å². The fourth-order valence-electron chi connectivity index (χ4n) is 6.12. The van der Waals surface area contributed by atoms with E-state index in [1.165, 1.54) is 0 Å². The molecule has 0 aromatic heterocycles. The number of allylic oxidation sites excluding steroid dienone is 4. The number of dihydropyridines is 1. The molecule has 1 amide bonds. The lowest BCUT2D eigenvalue weighted by atomic mass is 9.64. The van der Waals surface area contributed by atoms with Gasteiger partial charge in [-0.05, 0) is 60.4 Å². The van der Waals surface area contributed by atoms with Gasteiger partial charge in [-0.1, -0.05) is 61.8 Å². The van der Waals surface area contributed by atoms with Crippen molar-refractivity contribution in [1.29, 1.82) is 0 Å². The molecule has 5 rings (SSSR count). The van der Waals surface area contributed by atoms with E-state index >= 15 is 0 Å². The number of ether oxygens (including phenoxy) is 1. The number of hydrogen-bond acceptors (Lipinski definition) is 5. The topological polar surface area (TPSA) is 84.5 Å². The van der Waals surface area contributed by atoms with E-state index in [4.69, 9.17) is 4.74 Å². The Hall–Kier alpha value is -3.19. The number of anilines is 1. The third-order valence-electron chi connectivity index (χ3n) is 7.78. The highest BCUT2D eigenvalue weighted by atomic mass is 79.9. The normalized spacial score (nSPS) is 20.3. The van der Waals surface area contributed by atoms with Crippen LogP contribution < -0.4 is 15.4 Å². The first-order chi connectivity index (χ1) is 18.3. The van der Waals surface area contributed by atoms with E-state index < -0.39 is 5.92 Å². The molecule has 0 atom stereocenters. The Labute approximate surface area is 238 Å². The molecule has 0 radical (unpaired) electrons. The number of ketones is 2. The molecule has 0 unspecified atom stereocenters. The van der Waals surface area contributed by atoms with Crippen LogP contribution in [0.5, 0.6) is 5.75 Å². The molecule has 39 heavy (non-hydrogen) atoms. The summed E-state index contributed by atoms with van der Waals surface area (Å²) in [6, 6.07) is 13.1. The number of amides is 1.